The van der Waals surface area contributed by atoms with Gasteiger partial charge in [0.05, 0.1) is 0 Å². The van der Waals surface area contributed by atoms with E-state index in [1.807, 2.05) is 4.98 Å². The highest BCUT2D eigenvalue weighted by molar-refractivity contribution is 7.52. The highest BCUT2D eigenvalue weighted by atomic mass is 31.2. The molecule has 5 atom stereocenters. The molecule has 0 unspecified atom stereocenters. The summed E-state index contributed by atoms with van der Waals surface area (Å²) in [6.07, 6.45) is -5.91. The number of aromatic amines is 1. The Hall–Kier alpha value is -1.33. The second kappa shape index (κ2) is 5.46. The number of nitrogens with one attached hydrogen (secondary N) is 1. The zero-order valence-corrected chi connectivity index (χ0v) is 11.2. The van der Waals surface area contributed by atoms with Crippen molar-refractivity contribution in [2.75, 3.05) is 0 Å². The maximum absolute atomic E-state index is 11.6. The van der Waals surface area contributed by atoms with E-state index in [4.69, 9.17) is 14.5 Å². The SMILES string of the molecule is O=c1ccn([C@@H]2O[C@H]([C@@H](O)P(=O)(O)O)[C@@H](O)[C@H]2O)c(=O)[nH]1. The second-order valence-corrected chi connectivity index (χ2v) is 6.20. The van der Waals surface area contributed by atoms with Crippen molar-refractivity contribution in [2.45, 2.75) is 30.4 Å². The van der Waals surface area contributed by atoms with Crippen molar-refractivity contribution in [1.29, 1.82) is 0 Å². The first kappa shape index (κ1) is 16.0. The van der Waals surface area contributed by atoms with Crippen LogP contribution in [0.25, 0.3) is 0 Å². The van der Waals surface area contributed by atoms with Gasteiger partial charge in [-0.25, -0.2) is 4.79 Å². The summed E-state index contributed by atoms with van der Waals surface area (Å²) in [6, 6.07) is 0.955. The Morgan fingerprint density at radius 2 is 1.90 bits per heavy atom. The van der Waals surface area contributed by atoms with Gasteiger partial charge in [-0.15, -0.1) is 0 Å². The van der Waals surface area contributed by atoms with Crippen molar-refractivity contribution in [3.63, 3.8) is 0 Å². The predicted molar refractivity (Wildman–Crippen MR) is 65.3 cm³/mol. The summed E-state index contributed by atoms with van der Waals surface area (Å²) in [7, 11) is -4.99. The number of rotatable bonds is 3. The molecule has 6 N–H and O–H groups in total. The normalized spacial score (nSPS) is 31.3. The van der Waals surface area contributed by atoms with E-state index >= 15 is 0 Å². The van der Waals surface area contributed by atoms with E-state index in [1.54, 1.807) is 0 Å². The molecule has 2 rings (SSSR count). The molecule has 1 aromatic heterocycles. The van der Waals surface area contributed by atoms with E-state index in [-0.39, 0.29) is 0 Å². The lowest BCUT2D eigenvalue weighted by Crippen LogP contribution is -2.39. The highest BCUT2D eigenvalue weighted by Crippen LogP contribution is 2.46. The minimum Gasteiger partial charge on any atom is -0.387 e. The third-order valence-corrected chi connectivity index (χ3v) is 4.02. The van der Waals surface area contributed by atoms with Crippen LogP contribution in [0.4, 0.5) is 0 Å². The zero-order chi connectivity index (χ0) is 15.9. The average molecular weight is 324 g/mol. The number of aliphatic hydroxyl groups excluding tert-OH is 3. The van der Waals surface area contributed by atoms with Crippen LogP contribution in [-0.4, -0.2) is 58.8 Å². The first-order chi connectivity index (χ1) is 9.62. The smallest absolute Gasteiger partial charge is 0.356 e. The summed E-state index contributed by atoms with van der Waals surface area (Å²) in [5.41, 5.74) is -1.65. The number of H-pyrrole nitrogens is 1. The van der Waals surface area contributed by atoms with Crippen LogP contribution in [0.15, 0.2) is 21.9 Å². The van der Waals surface area contributed by atoms with Crippen molar-refractivity contribution in [2.24, 2.45) is 0 Å². The largest absolute Gasteiger partial charge is 0.387 e. The summed E-state index contributed by atoms with van der Waals surface area (Å²) in [5.74, 6) is -2.37. The van der Waals surface area contributed by atoms with Crippen molar-refractivity contribution in [3.8, 4) is 0 Å². The van der Waals surface area contributed by atoms with E-state index in [0.29, 0.717) is 0 Å². The Labute approximate surface area is 116 Å². The molecular formula is C9H13N2O9P. The topological polar surface area (TPSA) is 182 Å². The van der Waals surface area contributed by atoms with Gasteiger partial charge < -0.3 is 29.8 Å². The maximum atomic E-state index is 11.6. The molecule has 0 aliphatic carbocycles. The van der Waals surface area contributed by atoms with Gasteiger partial charge in [0.15, 0.2) is 12.1 Å². The molecule has 12 heteroatoms. The molecule has 1 aliphatic heterocycles. The fourth-order valence-corrected chi connectivity index (χ4v) is 2.61. The Kier molecular flexibility index (Phi) is 4.17. The summed E-state index contributed by atoms with van der Waals surface area (Å²) in [5, 5.41) is 28.9. The van der Waals surface area contributed by atoms with Crippen LogP contribution in [0.1, 0.15) is 6.23 Å². The molecule has 0 saturated carbocycles. The fourth-order valence-electron chi connectivity index (χ4n) is 1.98. The van der Waals surface area contributed by atoms with E-state index in [1.165, 1.54) is 0 Å². The van der Waals surface area contributed by atoms with Gasteiger partial charge in [0.1, 0.15) is 18.3 Å². The van der Waals surface area contributed by atoms with Crippen LogP contribution in [0, 0.1) is 0 Å². The van der Waals surface area contributed by atoms with Crippen molar-refractivity contribution >= 4 is 7.60 Å². The Balaban J connectivity index is 2.34. The van der Waals surface area contributed by atoms with E-state index in [2.05, 4.69) is 0 Å². The molecule has 1 aliphatic rings. The number of aromatic nitrogens is 2. The summed E-state index contributed by atoms with van der Waals surface area (Å²) >= 11 is 0. The van der Waals surface area contributed by atoms with Crippen molar-refractivity contribution < 1.29 is 34.4 Å². The van der Waals surface area contributed by atoms with Gasteiger partial charge in [-0.1, -0.05) is 0 Å². The quantitative estimate of drug-likeness (QED) is 0.309. The number of nitrogens with zero attached hydrogens (tertiary/aromatic N) is 1. The molecule has 1 fully saturated rings. The molecule has 0 amide bonds. The molecule has 0 spiro atoms. The minimum atomic E-state index is -4.99. The van der Waals surface area contributed by atoms with Gasteiger partial charge in [0.2, 0.25) is 0 Å². The Bertz CT molecular complexity index is 678. The standard InChI is InChI=1S/C9H13N2O9P/c12-3-1-2-11(9(16)10-3)7-5(14)4(13)6(20-7)8(15)21(17,18)19/h1-2,4-8,13-15H,(H,10,12,16)(H2,17,18,19)/t4-,5+,6-,7+,8-/m0/s1. The first-order valence-corrected chi connectivity index (χ1v) is 7.37. The summed E-state index contributed by atoms with van der Waals surface area (Å²) in [4.78, 5) is 42.1. The summed E-state index contributed by atoms with van der Waals surface area (Å²) < 4.78 is 16.7. The molecule has 0 radical (unpaired) electrons. The number of hydrogen-bond donors (Lipinski definition) is 6. The van der Waals surface area contributed by atoms with Gasteiger partial charge in [-0.05, 0) is 0 Å². The van der Waals surface area contributed by atoms with Crippen LogP contribution >= 0.6 is 7.60 Å². The van der Waals surface area contributed by atoms with Crippen LogP contribution in [0.2, 0.25) is 0 Å². The molecule has 11 nitrogen and oxygen atoms in total. The van der Waals surface area contributed by atoms with E-state index in [0.717, 1.165) is 16.8 Å². The van der Waals surface area contributed by atoms with Crippen LogP contribution in [0.3, 0.4) is 0 Å². The molecule has 118 valence electrons. The number of hydrogen-bond acceptors (Lipinski definition) is 7. The van der Waals surface area contributed by atoms with Gasteiger partial charge in [0.25, 0.3) is 5.56 Å². The van der Waals surface area contributed by atoms with Gasteiger partial charge in [-0.3, -0.25) is 18.9 Å². The molecule has 0 bridgehead atoms. The van der Waals surface area contributed by atoms with Gasteiger partial charge in [-0.2, -0.15) is 0 Å². The number of aliphatic hydroxyl groups is 3. The van der Waals surface area contributed by atoms with E-state index in [9.17, 15) is 29.5 Å². The number of ether oxygens (including phenoxy) is 1. The molecule has 0 aromatic carbocycles. The minimum absolute atomic E-state index is 0.698. The van der Waals surface area contributed by atoms with Crippen LogP contribution < -0.4 is 11.2 Å². The van der Waals surface area contributed by atoms with Crippen molar-refractivity contribution in [1.82, 2.24) is 9.55 Å². The van der Waals surface area contributed by atoms with E-state index < -0.39 is 49.2 Å². The summed E-state index contributed by atoms with van der Waals surface area (Å²) in [6.45, 7) is 0. The third kappa shape index (κ3) is 2.99. The van der Waals surface area contributed by atoms with Crippen LogP contribution in [0.5, 0.6) is 0 Å². The molecule has 2 heterocycles. The first-order valence-electron chi connectivity index (χ1n) is 5.69. The second-order valence-electron chi connectivity index (χ2n) is 4.49. The molecule has 1 saturated heterocycles. The average Bonchev–Trinajstić information content (AvgIpc) is 2.65. The third-order valence-electron chi connectivity index (χ3n) is 3.04. The lowest BCUT2D eigenvalue weighted by molar-refractivity contribution is -0.0694. The lowest BCUT2D eigenvalue weighted by atomic mass is 10.1. The predicted octanol–water partition coefficient (Wildman–Crippen LogP) is -3.35. The monoisotopic (exact) mass is 324 g/mol. The molecule has 1 aromatic rings. The lowest BCUT2D eigenvalue weighted by Gasteiger charge is -2.21. The Morgan fingerprint density at radius 1 is 1.29 bits per heavy atom. The fraction of sp³-hybridized carbons (Fsp3) is 0.556. The zero-order valence-electron chi connectivity index (χ0n) is 10.3. The molecular weight excluding hydrogens is 311 g/mol. The van der Waals surface area contributed by atoms with Gasteiger partial charge >= 0.3 is 13.3 Å². The maximum Gasteiger partial charge on any atom is 0.356 e. The van der Waals surface area contributed by atoms with Crippen LogP contribution in [-0.2, 0) is 9.30 Å². The van der Waals surface area contributed by atoms with Gasteiger partial charge in [0, 0.05) is 12.3 Å². The van der Waals surface area contributed by atoms with Crippen molar-refractivity contribution in [3.05, 3.63) is 33.1 Å². The molecule has 21 heavy (non-hydrogen) atoms. The highest BCUT2D eigenvalue weighted by Gasteiger charge is 2.51. The Morgan fingerprint density at radius 3 is 2.43 bits per heavy atom.